The molecule has 4 aromatic rings. The Morgan fingerprint density at radius 2 is 1.65 bits per heavy atom. The summed E-state index contributed by atoms with van der Waals surface area (Å²) in [4.78, 5) is 13.5. The lowest BCUT2D eigenvalue weighted by Gasteiger charge is -2.13. The Labute approximate surface area is 150 Å². The van der Waals surface area contributed by atoms with Crippen LogP contribution in [0, 0.1) is 13.8 Å². The van der Waals surface area contributed by atoms with Gasteiger partial charge in [-0.3, -0.25) is 4.98 Å². The van der Waals surface area contributed by atoms with Gasteiger partial charge in [-0.1, -0.05) is 30.3 Å². The van der Waals surface area contributed by atoms with E-state index in [0.717, 1.165) is 33.8 Å². The van der Waals surface area contributed by atoms with E-state index in [2.05, 4.69) is 20.1 Å². The number of hydrogen-bond acceptors (Lipinski definition) is 6. The molecular weight excluding hydrogens is 328 g/mol. The van der Waals surface area contributed by atoms with Crippen molar-refractivity contribution in [2.24, 2.45) is 0 Å². The van der Waals surface area contributed by atoms with Crippen LogP contribution in [0.15, 0.2) is 42.5 Å². The van der Waals surface area contributed by atoms with Crippen molar-refractivity contribution in [3.63, 3.8) is 0 Å². The molecule has 0 unspecified atom stereocenters. The lowest BCUT2D eigenvalue weighted by atomic mass is 9.99. The number of anilines is 1. The molecule has 1 aromatic carbocycles. The Hall–Kier alpha value is -3.32. The monoisotopic (exact) mass is 346 g/mol. The number of rotatable bonds is 3. The quantitative estimate of drug-likeness (QED) is 0.591. The van der Waals surface area contributed by atoms with Crippen molar-refractivity contribution in [2.75, 3.05) is 5.73 Å². The number of fused-ring (bicyclic) bond motifs is 1. The van der Waals surface area contributed by atoms with Gasteiger partial charge in [0.15, 0.2) is 11.5 Å². The van der Waals surface area contributed by atoms with Crippen molar-refractivity contribution in [1.82, 2.24) is 24.6 Å². The standard InChI is InChI=1S/C19H18N6O/c1-11-8-14(9-12(2)21-11)16-17(13-6-4-3-5-7-13)23-19(20)25-18(16)22-15(10-26)24-25/h3-9,26H,10H2,1-2H3,(H2,20,23). The van der Waals surface area contributed by atoms with Crippen molar-refractivity contribution >= 4 is 11.6 Å². The summed E-state index contributed by atoms with van der Waals surface area (Å²) in [6.07, 6.45) is 0. The number of nitrogen functional groups attached to an aromatic ring is 1. The van der Waals surface area contributed by atoms with Crippen LogP contribution in [0.4, 0.5) is 5.95 Å². The minimum Gasteiger partial charge on any atom is -0.388 e. The average Bonchev–Trinajstić information content (AvgIpc) is 3.06. The number of nitrogens with two attached hydrogens (primary N) is 1. The molecule has 0 aliphatic heterocycles. The summed E-state index contributed by atoms with van der Waals surface area (Å²) in [7, 11) is 0. The zero-order chi connectivity index (χ0) is 18.3. The van der Waals surface area contributed by atoms with Crippen molar-refractivity contribution < 1.29 is 5.11 Å². The lowest BCUT2D eigenvalue weighted by Crippen LogP contribution is -2.06. The van der Waals surface area contributed by atoms with E-state index in [4.69, 9.17) is 5.73 Å². The molecule has 0 amide bonds. The van der Waals surface area contributed by atoms with Crippen LogP contribution in [0.5, 0.6) is 0 Å². The number of aromatic nitrogens is 5. The summed E-state index contributed by atoms with van der Waals surface area (Å²) in [5.41, 5.74) is 11.9. The molecule has 0 radical (unpaired) electrons. The van der Waals surface area contributed by atoms with Gasteiger partial charge in [0.25, 0.3) is 0 Å². The molecule has 0 aliphatic rings. The van der Waals surface area contributed by atoms with E-state index in [1.54, 1.807) is 0 Å². The summed E-state index contributed by atoms with van der Waals surface area (Å²) in [5.74, 6) is 0.518. The van der Waals surface area contributed by atoms with Crippen LogP contribution in [-0.2, 0) is 6.61 Å². The van der Waals surface area contributed by atoms with E-state index >= 15 is 0 Å². The van der Waals surface area contributed by atoms with Crippen molar-refractivity contribution in [3.05, 3.63) is 59.7 Å². The van der Waals surface area contributed by atoms with Crippen LogP contribution in [-0.4, -0.2) is 29.7 Å². The first kappa shape index (κ1) is 16.2. The minimum atomic E-state index is -0.268. The first-order valence-electron chi connectivity index (χ1n) is 8.24. The van der Waals surface area contributed by atoms with Gasteiger partial charge in [-0.2, -0.15) is 4.52 Å². The van der Waals surface area contributed by atoms with Crippen molar-refractivity contribution in [1.29, 1.82) is 0 Å². The SMILES string of the molecule is Cc1cc(-c2c(-c3ccccc3)nc(N)n3nc(CO)nc23)cc(C)n1. The highest BCUT2D eigenvalue weighted by Gasteiger charge is 2.20. The Morgan fingerprint density at radius 1 is 0.962 bits per heavy atom. The van der Waals surface area contributed by atoms with E-state index in [0.29, 0.717) is 11.5 Å². The summed E-state index contributed by atoms with van der Waals surface area (Å²) >= 11 is 0. The van der Waals surface area contributed by atoms with E-state index < -0.39 is 0 Å². The Bertz CT molecular complexity index is 1080. The van der Waals surface area contributed by atoms with Crippen LogP contribution in [0.1, 0.15) is 17.2 Å². The van der Waals surface area contributed by atoms with Gasteiger partial charge in [0, 0.05) is 17.0 Å². The third-order valence-electron chi connectivity index (χ3n) is 4.11. The molecule has 0 saturated carbocycles. The lowest BCUT2D eigenvalue weighted by molar-refractivity contribution is 0.271. The topological polar surface area (TPSA) is 102 Å². The van der Waals surface area contributed by atoms with E-state index in [-0.39, 0.29) is 12.6 Å². The number of nitrogens with zero attached hydrogens (tertiary/aromatic N) is 5. The van der Waals surface area contributed by atoms with Crippen LogP contribution in [0.3, 0.4) is 0 Å². The van der Waals surface area contributed by atoms with Gasteiger partial charge in [-0.15, -0.1) is 5.10 Å². The number of pyridine rings is 1. The van der Waals surface area contributed by atoms with Crippen LogP contribution < -0.4 is 5.73 Å². The molecule has 26 heavy (non-hydrogen) atoms. The van der Waals surface area contributed by atoms with Gasteiger partial charge in [-0.25, -0.2) is 9.97 Å². The predicted molar refractivity (Wildman–Crippen MR) is 99.3 cm³/mol. The van der Waals surface area contributed by atoms with Gasteiger partial charge < -0.3 is 10.8 Å². The molecule has 0 spiro atoms. The average molecular weight is 346 g/mol. The molecular formula is C19H18N6O. The number of hydrogen-bond donors (Lipinski definition) is 2. The van der Waals surface area contributed by atoms with Crippen LogP contribution in [0.2, 0.25) is 0 Å². The maximum atomic E-state index is 9.46. The Balaban J connectivity index is 2.13. The predicted octanol–water partition coefficient (Wildman–Crippen LogP) is 2.54. The Kier molecular flexibility index (Phi) is 3.85. The second kappa shape index (κ2) is 6.20. The highest BCUT2D eigenvalue weighted by molar-refractivity contribution is 5.90. The summed E-state index contributed by atoms with van der Waals surface area (Å²) in [6, 6.07) is 13.8. The molecule has 7 heteroatoms. The largest absolute Gasteiger partial charge is 0.388 e. The van der Waals surface area contributed by atoms with E-state index in [9.17, 15) is 5.11 Å². The fourth-order valence-corrected chi connectivity index (χ4v) is 3.12. The highest BCUT2D eigenvalue weighted by atomic mass is 16.3. The second-order valence-electron chi connectivity index (χ2n) is 6.12. The Morgan fingerprint density at radius 3 is 2.31 bits per heavy atom. The molecule has 0 saturated heterocycles. The van der Waals surface area contributed by atoms with Gasteiger partial charge in [-0.05, 0) is 31.5 Å². The van der Waals surface area contributed by atoms with Crippen molar-refractivity contribution in [2.45, 2.75) is 20.5 Å². The molecule has 7 nitrogen and oxygen atoms in total. The fraction of sp³-hybridized carbons (Fsp3) is 0.158. The first-order valence-corrected chi connectivity index (χ1v) is 8.24. The number of benzene rings is 1. The molecule has 0 aliphatic carbocycles. The minimum absolute atomic E-state index is 0.220. The van der Waals surface area contributed by atoms with Gasteiger partial charge in [0.05, 0.1) is 11.3 Å². The molecule has 3 heterocycles. The van der Waals surface area contributed by atoms with E-state index in [1.165, 1.54) is 4.52 Å². The molecule has 4 rings (SSSR count). The molecule has 130 valence electrons. The van der Waals surface area contributed by atoms with Crippen molar-refractivity contribution in [3.8, 4) is 22.4 Å². The van der Waals surface area contributed by atoms with Crippen LogP contribution >= 0.6 is 0 Å². The zero-order valence-corrected chi connectivity index (χ0v) is 14.5. The third-order valence-corrected chi connectivity index (χ3v) is 4.11. The van der Waals surface area contributed by atoms with Gasteiger partial charge in [0.2, 0.25) is 5.95 Å². The van der Waals surface area contributed by atoms with Gasteiger partial charge >= 0.3 is 0 Å². The smallest absolute Gasteiger partial charge is 0.223 e. The third kappa shape index (κ3) is 2.68. The zero-order valence-electron chi connectivity index (χ0n) is 14.5. The summed E-state index contributed by atoms with van der Waals surface area (Å²) in [6.45, 7) is 3.63. The number of aliphatic hydroxyl groups is 1. The highest BCUT2D eigenvalue weighted by Crippen LogP contribution is 2.35. The normalized spacial score (nSPS) is 11.2. The molecule has 3 N–H and O–H groups in total. The number of aliphatic hydroxyl groups excluding tert-OH is 1. The molecule has 0 bridgehead atoms. The van der Waals surface area contributed by atoms with E-state index in [1.807, 2.05) is 56.3 Å². The first-order chi connectivity index (χ1) is 12.6. The molecule has 0 fully saturated rings. The second-order valence-corrected chi connectivity index (χ2v) is 6.12. The summed E-state index contributed by atoms with van der Waals surface area (Å²) < 4.78 is 1.47. The maximum absolute atomic E-state index is 9.46. The fourth-order valence-electron chi connectivity index (χ4n) is 3.12. The summed E-state index contributed by atoms with van der Waals surface area (Å²) in [5, 5.41) is 13.7. The van der Waals surface area contributed by atoms with Crippen LogP contribution in [0.25, 0.3) is 28.0 Å². The molecule has 3 aromatic heterocycles. The molecule has 0 atom stereocenters. The van der Waals surface area contributed by atoms with Gasteiger partial charge in [0.1, 0.15) is 6.61 Å². The number of aryl methyl sites for hydroxylation is 2. The maximum Gasteiger partial charge on any atom is 0.223 e.